The monoisotopic (exact) mass is 438 g/mol. The summed E-state index contributed by atoms with van der Waals surface area (Å²) in [5, 5.41) is 9.95. The number of esters is 1. The van der Waals surface area contributed by atoms with Crippen LogP contribution >= 0.6 is 0 Å². The summed E-state index contributed by atoms with van der Waals surface area (Å²) in [7, 11) is 0. The Balaban J connectivity index is 1.56. The molecule has 0 radical (unpaired) electrons. The van der Waals surface area contributed by atoms with Crippen LogP contribution in [0.5, 0.6) is 0 Å². The van der Waals surface area contributed by atoms with Gasteiger partial charge in [0.25, 0.3) is 0 Å². The molecule has 0 bridgehead atoms. The number of cyclic esters (lactones) is 1. The van der Waals surface area contributed by atoms with Crippen molar-refractivity contribution in [2.75, 3.05) is 0 Å². The second kappa shape index (κ2) is 8.47. The van der Waals surface area contributed by atoms with E-state index >= 15 is 0 Å². The van der Waals surface area contributed by atoms with Crippen LogP contribution in [0.2, 0.25) is 0 Å². The summed E-state index contributed by atoms with van der Waals surface area (Å²) < 4.78 is 34.8. The van der Waals surface area contributed by atoms with Gasteiger partial charge in [0.05, 0.1) is 23.9 Å². The molecule has 2 atom stereocenters. The molecule has 7 heteroatoms. The maximum absolute atomic E-state index is 13.6. The van der Waals surface area contributed by atoms with Gasteiger partial charge in [-0.3, -0.25) is 4.79 Å². The summed E-state index contributed by atoms with van der Waals surface area (Å²) in [6.07, 6.45) is 2.02. The number of aliphatic hydroxyl groups is 1. The van der Waals surface area contributed by atoms with Crippen molar-refractivity contribution in [2.45, 2.75) is 56.8 Å². The van der Waals surface area contributed by atoms with E-state index in [0.717, 1.165) is 41.2 Å². The largest absolute Gasteiger partial charge is 0.462 e. The van der Waals surface area contributed by atoms with Gasteiger partial charge in [-0.1, -0.05) is 0 Å². The van der Waals surface area contributed by atoms with E-state index in [-0.39, 0.29) is 30.1 Å². The fourth-order valence-corrected chi connectivity index (χ4v) is 4.37. The highest BCUT2D eigenvalue weighted by molar-refractivity contribution is 5.79. The SMILES string of the molecule is O=C1C[C@H](O)C[C@@H](CCn2c(C3CC3)nc(-c3ccc(F)cc3)c2-c2ccc(F)cc2)O1. The lowest BCUT2D eigenvalue weighted by atomic mass is 10.0. The molecule has 0 amide bonds. The number of benzene rings is 2. The minimum atomic E-state index is -0.682. The lowest BCUT2D eigenvalue weighted by molar-refractivity contribution is -0.160. The van der Waals surface area contributed by atoms with Crippen LogP contribution in [0.25, 0.3) is 22.5 Å². The minimum absolute atomic E-state index is 0.0322. The highest BCUT2D eigenvalue weighted by Gasteiger charge is 2.33. The van der Waals surface area contributed by atoms with Gasteiger partial charge in [-0.2, -0.15) is 0 Å². The fraction of sp³-hybridized carbons (Fsp3) is 0.360. The summed E-state index contributed by atoms with van der Waals surface area (Å²) >= 11 is 0. The van der Waals surface area contributed by atoms with Crippen LogP contribution in [0.15, 0.2) is 48.5 Å². The number of carbonyl (C=O) groups is 1. The van der Waals surface area contributed by atoms with Gasteiger partial charge in [0.15, 0.2) is 0 Å². The Hall–Kier alpha value is -3.06. The van der Waals surface area contributed by atoms with Gasteiger partial charge in [-0.25, -0.2) is 13.8 Å². The number of halogens is 2. The first-order chi connectivity index (χ1) is 15.5. The summed E-state index contributed by atoms with van der Waals surface area (Å²) in [5.41, 5.74) is 3.15. The zero-order valence-electron chi connectivity index (χ0n) is 17.5. The summed E-state index contributed by atoms with van der Waals surface area (Å²) in [6, 6.07) is 12.5. The molecule has 1 aliphatic carbocycles. The molecule has 1 saturated carbocycles. The maximum atomic E-state index is 13.6. The molecule has 5 rings (SSSR count). The van der Waals surface area contributed by atoms with Crippen molar-refractivity contribution < 1.29 is 23.4 Å². The van der Waals surface area contributed by atoms with Gasteiger partial charge in [0, 0.05) is 36.4 Å². The van der Waals surface area contributed by atoms with Crippen LogP contribution in [0.4, 0.5) is 8.78 Å². The van der Waals surface area contributed by atoms with Gasteiger partial charge in [-0.15, -0.1) is 0 Å². The fourth-order valence-electron chi connectivity index (χ4n) is 4.37. The number of nitrogens with zero attached hydrogens (tertiary/aromatic N) is 2. The second-order valence-electron chi connectivity index (χ2n) is 8.60. The molecular weight excluding hydrogens is 414 g/mol. The number of ether oxygens (including phenoxy) is 1. The van der Waals surface area contributed by atoms with Crippen LogP contribution in [0, 0.1) is 11.6 Å². The van der Waals surface area contributed by atoms with E-state index < -0.39 is 6.10 Å². The van der Waals surface area contributed by atoms with Crippen molar-refractivity contribution in [3.63, 3.8) is 0 Å². The smallest absolute Gasteiger partial charge is 0.308 e. The molecule has 5 nitrogen and oxygen atoms in total. The van der Waals surface area contributed by atoms with Crippen LogP contribution < -0.4 is 0 Å². The van der Waals surface area contributed by atoms with Crippen molar-refractivity contribution in [1.29, 1.82) is 0 Å². The quantitative estimate of drug-likeness (QED) is 0.560. The molecule has 1 saturated heterocycles. The van der Waals surface area contributed by atoms with Crippen LogP contribution in [0.1, 0.15) is 43.8 Å². The van der Waals surface area contributed by atoms with E-state index in [2.05, 4.69) is 4.57 Å². The van der Waals surface area contributed by atoms with E-state index in [1.165, 1.54) is 24.3 Å². The third kappa shape index (κ3) is 4.30. The van der Waals surface area contributed by atoms with Crippen molar-refractivity contribution in [2.24, 2.45) is 0 Å². The van der Waals surface area contributed by atoms with Crippen LogP contribution in [-0.4, -0.2) is 32.8 Å². The van der Waals surface area contributed by atoms with E-state index in [0.29, 0.717) is 25.3 Å². The summed E-state index contributed by atoms with van der Waals surface area (Å²) in [6.45, 7) is 0.539. The average Bonchev–Trinajstić information content (AvgIpc) is 3.54. The van der Waals surface area contributed by atoms with Crippen molar-refractivity contribution in [3.8, 4) is 22.5 Å². The molecule has 2 aliphatic rings. The first-order valence-corrected chi connectivity index (χ1v) is 11.0. The summed E-state index contributed by atoms with van der Waals surface area (Å²) in [4.78, 5) is 16.7. The number of hydrogen-bond acceptors (Lipinski definition) is 4. The highest BCUT2D eigenvalue weighted by Crippen LogP contribution is 2.44. The van der Waals surface area contributed by atoms with Gasteiger partial charge in [0.2, 0.25) is 0 Å². The predicted octanol–water partition coefficient (Wildman–Crippen LogP) is 4.83. The van der Waals surface area contributed by atoms with Crippen LogP contribution in [0.3, 0.4) is 0 Å². The summed E-state index contributed by atoms with van der Waals surface area (Å²) in [5.74, 6) is 0.243. The van der Waals surface area contributed by atoms with Crippen molar-refractivity contribution in [3.05, 3.63) is 66.0 Å². The third-order valence-corrected chi connectivity index (χ3v) is 6.08. The third-order valence-electron chi connectivity index (χ3n) is 6.08. The number of imidazole rings is 1. The molecule has 2 heterocycles. The second-order valence-corrected chi connectivity index (χ2v) is 8.60. The molecule has 2 aromatic carbocycles. The Morgan fingerprint density at radius 2 is 1.62 bits per heavy atom. The molecule has 1 aliphatic heterocycles. The maximum Gasteiger partial charge on any atom is 0.308 e. The lowest BCUT2D eigenvalue weighted by Crippen LogP contribution is -2.33. The molecule has 166 valence electrons. The van der Waals surface area contributed by atoms with Gasteiger partial charge in [-0.05, 0) is 61.4 Å². The van der Waals surface area contributed by atoms with E-state index in [9.17, 15) is 18.7 Å². The molecule has 32 heavy (non-hydrogen) atoms. The Bertz CT molecular complexity index is 1120. The highest BCUT2D eigenvalue weighted by atomic mass is 19.1. The molecular formula is C25H24F2N2O3. The topological polar surface area (TPSA) is 64.3 Å². The molecule has 0 spiro atoms. The zero-order chi connectivity index (χ0) is 22.2. The molecule has 1 aromatic heterocycles. The Morgan fingerprint density at radius 3 is 2.22 bits per heavy atom. The zero-order valence-corrected chi connectivity index (χ0v) is 17.5. The van der Waals surface area contributed by atoms with Gasteiger partial charge < -0.3 is 14.4 Å². The molecule has 3 aromatic rings. The average molecular weight is 438 g/mol. The van der Waals surface area contributed by atoms with E-state index in [1.807, 2.05) is 0 Å². The van der Waals surface area contributed by atoms with Gasteiger partial charge in [0.1, 0.15) is 23.6 Å². The van der Waals surface area contributed by atoms with Gasteiger partial charge >= 0.3 is 5.97 Å². The first kappa shape index (κ1) is 20.8. The minimum Gasteiger partial charge on any atom is -0.462 e. The molecule has 1 N–H and O–H groups in total. The Morgan fingerprint density at radius 1 is 1.00 bits per heavy atom. The van der Waals surface area contributed by atoms with Crippen molar-refractivity contribution >= 4 is 5.97 Å². The molecule has 0 unspecified atom stereocenters. The standard InChI is InChI=1S/C25H24F2N2O3/c26-18-7-3-15(4-8-18)23-24(16-5-9-19(27)10-6-16)29(25(28-23)17-1-2-17)12-11-21-13-20(30)14-22(31)32-21/h3-10,17,20-21,30H,1-2,11-14H2/t20-,21-/m1/s1. The number of carbonyl (C=O) groups excluding carboxylic acids is 1. The number of hydrogen-bond donors (Lipinski definition) is 1. The number of aromatic nitrogens is 2. The van der Waals surface area contributed by atoms with E-state index in [4.69, 9.17) is 9.72 Å². The van der Waals surface area contributed by atoms with Crippen molar-refractivity contribution in [1.82, 2.24) is 9.55 Å². The van der Waals surface area contributed by atoms with E-state index in [1.54, 1.807) is 24.3 Å². The number of rotatable bonds is 6. The Kier molecular flexibility index (Phi) is 5.51. The molecule has 2 fully saturated rings. The van der Waals surface area contributed by atoms with Crippen LogP contribution in [-0.2, 0) is 16.1 Å². The lowest BCUT2D eigenvalue weighted by Gasteiger charge is -2.26. The Labute approximate surface area is 184 Å². The first-order valence-electron chi connectivity index (χ1n) is 11.0. The normalized spacial score (nSPS) is 20.9. The predicted molar refractivity (Wildman–Crippen MR) is 115 cm³/mol. The number of aliphatic hydroxyl groups excluding tert-OH is 1.